The number of aliphatic carboxylic acids is 1. The van der Waals surface area contributed by atoms with E-state index in [4.69, 9.17) is 9.84 Å². The van der Waals surface area contributed by atoms with Gasteiger partial charge in [0.1, 0.15) is 0 Å². The maximum absolute atomic E-state index is 10.9. The van der Waals surface area contributed by atoms with Crippen LogP contribution in [0.4, 0.5) is 0 Å². The number of nitrogens with one attached hydrogen (secondary N) is 1. The Kier molecular flexibility index (Phi) is 4.16. The molecule has 0 radical (unpaired) electrons. The van der Waals surface area contributed by atoms with Crippen molar-refractivity contribution in [1.82, 2.24) is 5.32 Å². The van der Waals surface area contributed by atoms with Crippen LogP contribution in [-0.2, 0) is 9.53 Å². The largest absolute Gasteiger partial charge is 0.481 e. The highest BCUT2D eigenvalue weighted by Gasteiger charge is 2.39. The van der Waals surface area contributed by atoms with Gasteiger partial charge in [-0.1, -0.05) is 0 Å². The van der Waals surface area contributed by atoms with Gasteiger partial charge in [-0.2, -0.15) is 0 Å². The summed E-state index contributed by atoms with van der Waals surface area (Å²) in [5, 5.41) is 12.1. The van der Waals surface area contributed by atoms with E-state index in [-0.39, 0.29) is 24.2 Å². The fourth-order valence-electron chi connectivity index (χ4n) is 2.36. The van der Waals surface area contributed by atoms with Crippen molar-refractivity contribution >= 4 is 18.4 Å². The highest BCUT2D eigenvalue weighted by molar-refractivity contribution is 5.85. The molecular formula is C9H16ClNO3. The zero-order valence-corrected chi connectivity index (χ0v) is 8.76. The van der Waals surface area contributed by atoms with E-state index in [2.05, 4.69) is 5.32 Å². The Hall–Kier alpha value is -0.320. The van der Waals surface area contributed by atoms with Crippen LogP contribution in [0.3, 0.4) is 0 Å². The normalized spacial score (nSPS) is 36.7. The number of carboxylic acid groups (broad SMARTS) is 1. The third-order valence-electron chi connectivity index (χ3n) is 3.15. The molecule has 0 aromatic heterocycles. The summed E-state index contributed by atoms with van der Waals surface area (Å²) in [6.07, 6.45) is 1.02. The summed E-state index contributed by atoms with van der Waals surface area (Å²) in [5.74, 6) is -0.135. The molecule has 2 heterocycles. The van der Waals surface area contributed by atoms with Crippen molar-refractivity contribution in [3.63, 3.8) is 0 Å². The Labute approximate surface area is 89.4 Å². The molecule has 82 valence electrons. The number of hydrogen-bond donors (Lipinski definition) is 2. The first-order chi connectivity index (χ1) is 6.29. The minimum Gasteiger partial charge on any atom is -0.481 e. The summed E-state index contributed by atoms with van der Waals surface area (Å²) < 4.78 is 5.28. The number of rotatable bonds is 2. The van der Waals surface area contributed by atoms with Gasteiger partial charge in [0.25, 0.3) is 0 Å². The van der Waals surface area contributed by atoms with Gasteiger partial charge in [0.2, 0.25) is 0 Å². The second-order valence-corrected chi connectivity index (χ2v) is 3.89. The lowest BCUT2D eigenvalue weighted by molar-refractivity contribution is -0.142. The summed E-state index contributed by atoms with van der Waals surface area (Å²) in [6.45, 7) is 3.01. The number of carbonyl (C=O) groups is 1. The van der Waals surface area contributed by atoms with Crippen LogP contribution in [-0.4, -0.2) is 37.4 Å². The third-order valence-corrected chi connectivity index (χ3v) is 3.15. The zero-order valence-electron chi connectivity index (χ0n) is 7.94. The maximum atomic E-state index is 10.9. The summed E-state index contributed by atoms with van der Waals surface area (Å²) in [6, 6.07) is 0. The van der Waals surface area contributed by atoms with E-state index in [0.29, 0.717) is 12.5 Å². The van der Waals surface area contributed by atoms with Crippen molar-refractivity contribution in [3.8, 4) is 0 Å². The Balaban J connectivity index is 0.000000980. The van der Waals surface area contributed by atoms with Gasteiger partial charge in [0, 0.05) is 19.8 Å². The van der Waals surface area contributed by atoms with Crippen LogP contribution >= 0.6 is 12.4 Å². The van der Waals surface area contributed by atoms with Gasteiger partial charge in [-0.25, -0.2) is 0 Å². The molecule has 0 aliphatic carbocycles. The number of hydrogen-bond acceptors (Lipinski definition) is 3. The van der Waals surface area contributed by atoms with E-state index in [1.807, 2.05) is 0 Å². The summed E-state index contributed by atoms with van der Waals surface area (Å²) in [4.78, 5) is 10.9. The standard InChI is InChI=1S/C9H15NO3.ClH/c11-9(12)8-4-10-3-7(8)6-1-2-13-5-6;/h6-8,10H,1-5H2,(H,11,12);1H. The third kappa shape index (κ3) is 2.19. The summed E-state index contributed by atoms with van der Waals surface area (Å²) in [5.41, 5.74) is 0. The molecule has 0 amide bonds. The molecule has 0 saturated carbocycles. The van der Waals surface area contributed by atoms with Gasteiger partial charge in [0.05, 0.1) is 5.92 Å². The molecule has 2 saturated heterocycles. The number of ether oxygens (including phenoxy) is 1. The molecule has 3 unspecified atom stereocenters. The molecule has 4 nitrogen and oxygen atoms in total. The zero-order chi connectivity index (χ0) is 9.26. The fraction of sp³-hybridized carbons (Fsp3) is 0.889. The van der Waals surface area contributed by atoms with E-state index in [1.54, 1.807) is 0 Å². The van der Waals surface area contributed by atoms with Crippen LogP contribution in [0.1, 0.15) is 6.42 Å². The fourth-order valence-corrected chi connectivity index (χ4v) is 2.36. The monoisotopic (exact) mass is 221 g/mol. The van der Waals surface area contributed by atoms with Crippen LogP contribution in [0.2, 0.25) is 0 Å². The van der Waals surface area contributed by atoms with Crippen molar-refractivity contribution in [3.05, 3.63) is 0 Å². The highest BCUT2D eigenvalue weighted by Crippen LogP contribution is 2.30. The van der Waals surface area contributed by atoms with Crippen molar-refractivity contribution in [2.45, 2.75) is 6.42 Å². The van der Waals surface area contributed by atoms with Crippen LogP contribution in [0.5, 0.6) is 0 Å². The van der Waals surface area contributed by atoms with Crippen molar-refractivity contribution < 1.29 is 14.6 Å². The Morgan fingerprint density at radius 2 is 2.21 bits per heavy atom. The number of carboxylic acids is 1. The maximum Gasteiger partial charge on any atom is 0.308 e. The van der Waals surface area contributed by atoms with E-state index >= 15 is 0 Å². The Morgan fingerprint density at radius 3 is 2.79 bits per heavy atom. The lowest BCUT2D eigenvalue weighted by Crippen LogP contribution is -2.28. The van der Waals surface area contributed by atoms with Crippen LogP contribution in [0.25, 0.3) is 0 Å². The Morgan fingerprint density at radius 1 is 1.43 bits per heavy atom. The van der Waals surface area contributed by atoms with Crippen molar-refractivity contribution in [2.24, 2.45) is 17.8 Å². The molecule has 2 aliphatic rings. The minimum atomic E-state index is -0.665. The second kappa shape index (κ2) is 4.96. The van der Waals surface area contributed by atoms with E-state index in [9.17, 15) is 4.79 Å². The molecule has 0 aromatic carbocycles. The topological polar surface area (TPSA) is 58.6 Å². The highest BCUT2D eigenvalue weighted by atomic mass is 35.5. The first-order valence-corrected chi connectivity index (χ1v) is 4.80. The molecule has 5 heteroatoms. The van der Waals surface area contributed by atoms with Crippen molar-refractivity contribution in [1.29, 1.82) is 0 Å². The van der Waals surface area contributed by atoms with Gasteiger partial charge < -0.3 is 15.2 Å². The van der Waals surface area contributed by atoms with Gasteiger partial charge in [0.15, 0.2) is 0 Å². The summed E-state index contributed by atoms with van der Waals surface area (Å²) >= 11 is 0. The summed E-state index contributed by atoms with van der Waals surface area (Å²) in [7, 11) is 0. The van der Waals surface area contributed by atoms with Gasteiger partial charge >= 0.3 is 5.97 Å². The quantitative estimate of drug-likeness (QED) is 0.707. The lowest BCUT2D eigenvalue weighted by atomic mass is 9.83. The van der Waals surface area contributed by atoms with Crippen molar-refractivity contribution in [2.75, 3.05) is 26.3 Å². The predicted molar refractivity (Wildman–Crippen MR) is 53.7 cm³/mol. The molecule has 0 aromatic rings. The molecule has 0 spiro atoms. The average Bonchev–Trinajstić information content (AvgIpc) is 2.74. The lowest BCUT2D eigenvalue weighted by Gasteiger charge is -2.19. The van der Waals surface area contributed by atoms with E-state index in [0.717, 1.165) is 26.2 Å². The second-order valence-electron chi connectivity index (χ2n) is 3.89. The van der Waals surface area contributed by atoms with Crippen LogP contribution in [0.15, 0.2) is 0 Å². The van der Waals surface area contributed by atoms with Crippen LogP contribution in [0, 0.1) is 17.8 Å². The molecule has 2 N–H and O–H groups in total. The molecule has 0 bridgehead atoms. The SMILES string of the molecule is Cl.O=C(O)C1CNCC1C1CCOC1. The van der Waals surface area contributed by atoms with E-state index < -0.39 is 5.97 Å². The molecule has 2 aliphatic heterocycles. The number of halogens is 1. The van der Waals surface area contributed by atoms with Crippen LogP contribution < -0.4 is 5.32 Å². The van der Waals surface area contributed by atoms with Gasteiger partial charge in [-0.3, -0.25) is 4.79 Å². The van der Waals surface area contributed by atoms with Gasteiger partial charge in [-0.15, -0.1) is 12.4 Å². The van der Waals surface area contributed by atoms with Gasteiger partial charge in [-0.05, 0) is 24.8 Å². The first-order valence-electron chi connectivity index (χ1n) is 4.80. The first kappa shape index (κ1) is 11.8. The molecule has 14 heavy (non-hydrogen) atoms. The smallest absolute Gasteiger partial charge is 0.308 e. The molecule has 2 rings (SSSR count). The molecular weight excluding hydrogens is 206 g/mol. The van der Waals surface area contributed by atoms with E-state index in [1.165, 1.54) is 0 Å². The average molecular weight is 222 g/mol. The molecule has 2 fully saturated rings. The minimum absolute atomic E-state index is 0. The Bertz CT molecular complexity index is 206. The molecule has 3 atom stereocenters. The predicted octanol–water partition coefficient (Wildman–Crippen LogP) is 0.365.